The Labute approximate surface area is 184 Å². The number of carbonyl (C=O) groups excluding carboxylic acids is 1. The highest BCUT2D eigenvalue weighted by Gasteiger charge is 2.24. The van der Waals surface area contributed by atoms with Crippen molar-refractivity contribution in [1.82, 2.24) is 10.3 Å². The molecule has 0 radical (unpaired) electrons. The van der Waals surface area contributed by atoms with Crippen LogP contribution in [0.5, 0.6) is 0 Å². The predicted octanol–water partition coefficient (Wildman–Crippen LogP) is 4.35. The molecular weight excluding hydrogens is 446 g/mol. The predicted molar refractivity (Wildman–Crippen MR) is 122 cm³/mol. The Balaban J connectivity index is 1.66. The lowest BCUT2D eigenvalue weighted by Crippen LogP contribution is -2.35. The highest BCUT2D eigenvalue weighted by atomic mass is 79.9. The number of halogens is 1. The Kier molecular flexibility index (Phi) is 6.72. The molecule has 0 spiro atoms. The quantitative estimate of drug-likeness (QED) is 0.426. The summed E-state index contributed by atoms with van der Waals surface area (Å²) < 4.78 is 11.5. The maximum Gasteiger partial charge on any atom is 0.247 e. The molecule has 4 rings (SSSR count). The number of amides is 1. The smallest absolute Gasteiger partial charge is 0.247 e. The van der Waals surface area contributed by atoms with Crippen LogP contribution in [0.2, 0.25) is 0 Å². The summed E-state index contributed by atoms with van der Waals surface area (Å²) >= 11 is 3.58. The van der Waals surface area contributed by atoms with Gasteiger partial charge < -0.3 is 25.1 Å². The number of H-pyrrole nitrogens is 1. The monoisotopic (exact) mass is 471 g/mol. The Bertz CT molecular complexity index is 1010. The number of benzene rings is 2. The molecular formula is C23H26BrN3O3. The number of fused-ring (bicyclic) bond motifs is 1. The summed E-state index contributed by atoms with van der Waals surface area (Å²) in [7, 11) is 1.62. The van der Waals surface area contributed by atoms with Gasteiger partial charge in [0.05, 0.1) is 13.2 Å². The van der Waals surface area contributed by atoms with Crippen LogP contribution in [0.15, 0.2) is 53.1 Å². The molecule has 3 aromatic rings. The first-order chi connectivity index (χ1) is 14.7. The Morgan fingerprint density at radius 3 is 3.03 bits per heavy atom. The molecule has 30 heavy (non-hydrogen) atoms. The topological polar surface area (TPSA) is 75.4 Å². The Morgan fingerprint density at radius 1 is 1.33 bits per heavy atom. The highest BCUT2D eigenvalue weighted by Crippen LogP contribution is 2.32. The first kappa shape index (κ1) is 20.9. The lowest BCUT2D eigenvalue weighted by molar-refractivity contribution is -0.122. The molecule has 2 heterocycles. The van der Waals surface area contributed by atoms with Crippen LogP contribution >= 0.6 is 15.9 Å². The van der Waals surface area contributed by atoms with E-state index in [9.17, 15) is 4.79 Å². The zero-order valence-corrected chi connectivity index (χ0v) is 18.5. The number of rotatable bonds is 8. The average molecular weight is 472 g/mol. The third-order valence-corrected chi connectivity index (χ3v) is 5.90. The van der Waals surface area contributed by atoms with Gasteiger partial charge in [0, 0.05) is 53.4 Å². The van der Waals surface area contributed by atoms with Crippen molar-refractivity contribution in [2.45, 2.75) is 18.4 Å². The molecule has 0 unspecified atom stereocenters. The minimum Gasteiger partial charge on any atom is -0.383 e. The lowest BCUT2D eigenvalue weighted by Gasteiger charge is -2.22. The number of ether oxygens (including phenoxy) is 2. The van der Waals surface area contributed by atoms with Crippen molar-refractivity contribution in [2.24, 2.45) is 0 Å². The molecule has 158 valence electrons. The van der Waals surface area contributed by atoms with Gasteiger partial charge in [-0.25, -0.2) is 0 Å². The van der Waals surface area contributed by atoms with Crippen molar-refractivity contribution in [3.63, 3.8) is 0 Å². The number of aromatic nitrogens is 1. The van der Waals surface area contributed by atoms with E-state index in [-0.39, 0.29) is 5.91 Å². The van der Waals surface area contributed by atoms with Crippen LogP contribution in [0.1, 0.15) is 29.5 Å². The van der Waals surface area contributed by atoms with Crippen molar-refractivity contribution in [2.75, 3.05) is 38.8 Å². The summed E-state index contributed by atoms with van der Waals surface area (Å²) in [6, 6.07) is 13.7. The minimum absolute atomic E-state index is 0.0951. The molecule has 0 saturated carbocycles. The van der Waals surface area contributed by atoms with E-state index in [2.05, 4.69) is 43.7 Å². The fraction of sp³-hybridized carbons (Fsp3) is 0.348. The molecule has 6 nitrogen and oxygen atoms in total. The van der Waals surface area contributed by atoms with Crippen LogP contribution in [0.25, 0.3) is 10.9 Å². The van der Waals surface area contributed by atoms with Crippen LogP contribution in [-0.4, -0.2) is 44.4 Å². The maximum atomic E-state index is 13.2. The zero-order valence-electron chi connectivity index (χ0n) is 16.9. The first-order valence-electron chi connectivity index (χ1n) is 10.1. The van der Waals surface area contributed by atoms with Crippen molar-refractivity contribution in [1.29, 1.82) is 0 Å². The number of hydrogen-bond acceptors (Lipinski definition) is 4. The van der Waals surface area contributed by atoms with Gasteiger partial charge in [0.25, 0.3) is 0 Å². The number of nitrogens with one attached hydrogen (secondary N) is 3. The maximum absolute atomic E-state index is 13.2. The zero-order chi connectivity index (χ0) is 20.9. The van der Waals surface area contributed by atoms with Gasteiger partial charge in [0.15, 0.2) is 0 Å². The molecule has 3 N–H and O–H groups in total. The number of hydrogen-bond donors (Lipinski definition) is 3. The van der Waals surface area contributed by atoms with E-state index < -0.39 is 6.04 Å². The average Bonchev–Trinajstić information content (AvgIpc) is 3.44. The number of aromatic amines is 1. The second kappa shape index (κ2) is 9.64. The van der Waals surface area contributed by atoms with Crippen molar-refractivity contribution in [3.05, 3.63) is 64.3 Å². The molecule has 1 amide bonds. The van der Waals surface area contributed by atoms with Crippen molar-refractivity contribution >= 4 is 38.4 Å². The van der Waals surface area contributed by atoms with Gasteiger partial charge >= 0.3 is 0 Å². The van der Waals surface area contributed by atoms with E-state index in [1.165, 1.54) is 5.56 Å². The summed E-state index contributed by atoms with van der Waals surface area (Å²) in [6.45, 7) is 2.47. The Hall–Kier alpha value is -2.35. The number of carbonyl (C=O) groups is 1. The van der Waals surface area contributed by atoms with Crippen molar-refractivity contribution in [3.8, 4) is 0 Å². The highest BCUT2D eigenvalue weighted by molar-refractivity contribution is 9.10. The van der Waals surface area contributed by atoms with Gasteiger partial charge in [-0.1, -0.05) is 28.1 Å². The molecule has 0 aliphatic carbocycles. The molecule has 1 aliphatic rings. The normalized spacial score (nSPS) is 17.2. The second-order valence-electron chi connectivity index (χ2n) is 7.48. The van der Waals surface area contributed by atoms with E-state index in [4.69, 9.17) is 9.47 Å². The largest absolute Gasteiger partial charge is 0.383 e. The summed E-state index contributed by atoms with van der Waals surface area (Å²) in [6.07, 6.45) is 2.92. The van der Waals surface area contributed by atoms with E-state index >= 15 is 0 Å². The third kappa shape index (κ3) is 4.69. The second-order valence-corrected chi connectivity index (χ2v) is 8.40. The lowest BCUT2D eigenvalue weighted by atomic mass is 9.97. The molecule has 2 atom stereocenters. The molecule has 1 fully saturated rings. The standard InChI is InChI=1S/C23H26BrN3O3/c1-29-10-8-26-23(28)22(20-12-17(24)13-21-19(20)5-7-25-21)27-18-4-2-3-15(11-18)16-6-9-30-14-16/h2-5,7,11-13,16,22,25,27H,6,8-10,14H2,1H3,(H,26,28)/t16-,22+/m0/s1. The van der Waals surface area contributed by atoms with Gasteiger partial charge in [0.1, 0.15) is 6.04 Å². The van der Waals surface area contributed by atoms with E-state index in [0.29, 0.717) is 19.1 Å². The van der Waals surface area contributed by atoms with Crippen LogP contribution in [0, 0.1) is 0 Å². The van der Waals surface area contributed by atoms with Crippen LogP contribution in [-0.2, 0) is 14.3 Å². The van der Waals surface area contributed by atoms with E-state index in [1.807, 2.05) is 36.5 Å². The molecule has 1 saturated heterocycles. The third-order valence-electron chi connectivity index (χ3n) is 5.44. The molecule has 1 aliphatic heterocycles. The van der Waals surface area contributed by atoms with Crippen molar-refractivity contribution < 1.29 is 14.3 Å². The van der Waals surface area contributed by atoms with Crippen LogP contribution in [0.3, 0.4) is 0 Å². The van der Waals surface area contributed by atoms with Gasteiger partial charge in [-0.2, -0.15) is 0 Å². The van der Waals surface area contributed by atoms with Crippen LogP contribution in [0.4, 0.5) is 5.69 Å². The van der Waals surface area contributed by atoms with Gasteiger partial charge in [-0.05, 0) is 47.9 Å². The first-order valence-corrected chi connectivity index (χ1v) is 10.9. The number of anilines is 1. The molecule has 2 aromatic carbocycles. The molecule has 0 bridgehead atoms. The summed E-state index contributed by atoms with van der Waals surface area (Å²) in [5, 5.41) is 7.46. The summed E-state index contributed by atoms with van der Waals surface area (Å²) in [5.41, 5.74) is 4.03. The molecule has 1 aromatic heterocycles. The minimum atomic E-state index is -0.548. The number of methoxy groups -OCH3 is 1. The summed E-state index contributed by atoms with van der Waals surface area (Å²) in [5.74, 6) is 0.310. The van der Waals surface area contributed by atoms with Gasteiger partial charge in [-0.15, -0.1) is 0 Å². The molecule has 7 heteroatoms. The SMILES string of the molecule is COCCNC(=O)[C@H](Nc1cccc([C@H]2CCOC2)c1)c1cc(Br)cc2[nH]ccc12. The van der Waals surface area contributed by atoms with E-state index in [0.717, 1.165) is 46.3 Å². The fourth-order valence-corrected chi connectivity index (χ4v) is 4.38. The fourth-order valence-electron chi connectivity index (χ4n) is 3.91. The van der Waals surface area contributed by atoms with E-state index in [1.54, 1.807) is 7.11 Å². The van der Waals surface area contributed by atoms with Gasteiger partial charge in [-0.3, -0.25) is 4.79 Å². The summed E-state index contributed by atoms with van der Waals surface area (Å²) in [4.78, 5) is 16.4. The van der Waals surface area contributed by atoms with Crippen LogP contribution < -0.4 is 10.6 Å². The van der Waals surface area contributed by atoms with Gasteiger partial charge in [0.2, 0.25) is 5.91 Å². The Morgan fingerprint density at radius 2 is 2.23 bits per heavy atom.